The Labute approximate surface area is 90.8 Å². The molecule has 15 heavy (non-hydrogen) atoms. The van der Waals surface area contributed by atoms with Crippen LogP contribution in [-0.4, -0.2) is 42.7 Å². The van der Waals surface area contributed by atoms with Crippen LogP contribution >= 0.6 is 0 Å². The zero-order chi connectivity index (χ0) is 11.9. The molecule has 5 nitrogen and oxygen atoms in total. The van der Waals surface area contributed by atoms with E-state index in [0.717, 1.165) is 0 Å². The molecule has 0 aromatic rings. The molecule has 0 spiro atoms. The minimum absolute atomic E-state index is 0.167. The first-order valence-electron chi connectivity index (χ1n) is 5.07. The molecule has 0 aliphatic carbocycles. The van der Waals surface area contributed by atoms with Crippen molar-refractivity contribution in [3.8, 4) is 0 Å². The van der Waals surface area contributed by atoms with Gasteiger partial charge in [-0.15, -0.1) is 0 Å². The zero-order valence-electron chi connectivity index (χ0n) is 9.87. The number of carbonyl (C=O) groups is 1. The molecular weight excluding hydrogens is 198 g/mol. The van der Waals surface area contributed by atoms with Gasteiger partial charge in [-0.2, -0.15) is 0 Å². The third kappa shape index (κ3) is 8.20. The summed E-state index contributed by atoms with van der Waals surface area (Å²) in [5.41, 5.74) is -0.532. The van der Waals surface area contributed by atoms with E-state index in [1.54, 1.807) is 20.8 Å². The number of ether oxygens (including phenoxy) is 2. The lowest BCUT2D eigenvalue weighted by Gasteiger charge is -2.22. The van der Waals surface area contributed by atoms with Crippen LogP contribution in [0.15, 0.2) is 0 Å². The van der Waals surface area contributed by atoms with Crippen molar-refractivity contribution in [3.63, 3.8) is 0 Å². The van der Waals surface area contributed by atoms with E-state index in [2.05, 4.69) is 5.32 Å². The Kier molecular flexibility index (Phi) is 6.27. The summed E-state index contributed by atoms with van der Waals surface area (Å²) >= 11 is 0. The normalized spacial score (nSPS) is 13.4. The van der Waals surface area contributed by atoms with E-state index in [9.17, 15) is 4.79 Å². The highest BCUT2D eigenvalue weighted by atomic mass is 16.6. The van der Waals surface area contributed by atoms with E-state index in [4.69, 9.17) is 14.6 Å². The molecule has 0 aromatic heterocycles. The number of alkyl carbamates (subject to hydrolysis) is 1. The fourth-order valence-corrected chi connectivity index (χ4v) is 0.874. The molecule has 1 amide bonds. The molecule has 90 valence electrons. The maximum absolute atomic E-state index is 11.3. The summed E-state index contributed by atoms with van der Waals surface area (Å²) in [5.74, 6) is 0. The molecule has 0 saturated heterocycles. The molecule has 0 unspecified atom stereocenters. The van der Waals surface area contributed by atoms with Crippen LogP contribution in [0.1, 0.15) is 27.7 Å². The fourth-order valence-electron chi connectivity index (χ4n) is 0.874. The summed E-state index contributed by atoms with van der Waals surface area (Å²) in [4.78, 5) is 11.3. The molecule has 0 aromatic carbocycles. The van der Waals surface area contributed by atoms with Crippen LogP contribution in [0.2, 0.25) is 0 Å². The van der Waals surface area contributed by atoms with Crippen molar-refractivity contribution in [1.29, 1.82) is 0 Å². The van der Waals surface area contributed by atoms with Gasteiger partial charge in [-0.25, -0.2) is 4.79 Å². The van der Waals surface area contributed by atoms with Gasteiger partial charge >= 0.3 is 6.09 Å². The summed E-state index contributed by atoms with van der Waals surface area (Å²) in [7, 11) is 0. The number of nitrogens with one attached hydrogen (secondary N) is 1. The molecule has 1 atom stereocenters. The lowest BCUT2D eigenvalue weighted by molar-refractivity contribution is 0.0398. The molecule has 2 N–H and O–H groups in total. The second-order valence-corrected chi connectivity index (χ2v) is 4.19. The third-order valence-corrected chi connectivity index (χ3v) is 1.46. The van der Waals surface area contributed by atoms with Gasteiger partial charge in [0.1, 0.15) is 5.60 Å². The van der Waals surface area contributed by atoms with Gasteiger partial charge in [0.2, 0.25) is 0 Å². The molecule has 0 radical (unpaired) electrons. The van der Waals surface area contributed by atoms with Crippen LogP contribution in [0.5, 0.6) is 0 Å². The lowest BCUT2D eigenvalue weighted by atomic mass is 10.2. The molecule has 0 saturated carbocycles. The lowest BCUT2D eigenvalue weighted by Crippen LogP contribution is -2.43. The first-order valence-corrected chi connectivity index (χ1v) is 5.07. The Morgan fingerprint density at radius 2 is 2.07 bits per heavy atom. The topological polar surface area (TPSA) is 67.8 Å². The number of amides is 1. The number of hydrogen-bond acceptors (Lipinski definition) is 4. The SMILES string of the molecule is CCOC[C@@H](CO)NC(=O)OC(C)(C)C. The van der Waals surface area contributed by atoms with Crippen LogP contribution in [0.3, 0.4) is 0 Å². The van der Waals surface area contributed by atoms with Crippen LogP contribution in [-0.2, 0) is 9.47 Å². The van der Waals surface area contributed by atoms with Gasteiger partial charge in [0.05, 0.1) is 19.3 Å². The Morgan fingerprint density at radius 3 is 2.47 bits per heavy atom. The predicted octanol–water partition coefficient (Wildman–Crippen LogP) is 0.908. The van der Waals surface area contributed by atoms with E-state index < -0.39 is 17.7 Å². The van der Waals surface area contributed by atoms with Crippen molar-refractivity contribution < 1.29 is 19.4 Å². The van der Waals surface area contributed by atoms with E-state index in [1.165, 1.54) is 0 Å². The Balaban J connectivity index is 3.91. The third-order valence-electron chi connectivity index (χ3n) is 1.46. The van der Waals surface area contributed by atoms with Gasteiger partial charge in [0.15, 0.2) is 0 Å². The van der Waals surface area contributed by atoms with Gasteiger partial charge in [-0.05, 0) is 27.7 Å². The van der Waals surface area contributed by atoms with E-state index >= 15 is 0 Å². The molecule has 0 aliphatic heterocycles. The summed E-state index contributed by atoms with van der Waals surface area (Å²) in [6, 6.07) is -0.417. The summed E-state index contributed by atoms with van der Waals surface area (Å²) < 4.78 is 10.1. The Hall–Kier alpha value is -0.810. The van der Waals surface area contributed by atoms with E-state index in [0.29, 0.717) is 6.61 Å². The van der Waals surface area contributed by atoms with Gasteiger partial charge in [0.25, 0.3) is 0 Å². The van der Waals surface area contributed by atoms with Gasteiger partial charge in [-0.1, -0.05) is 0 Å². The quantitative estimate of drug-likeness (QED) is 0.721. The molecule has 0 heterocycles. The van der Waals surface area contributed by atoms with Crippen molar-refractivity contribution in [2.75, 3.05) is 19.8 Å². The van der Waals surface area contributed by atoms with E-state index in [1.807, 2.05) is 6.92 Å². The molecular formula is C10H21NO4. The maximum atomic E-state index is 11.3. The van der Waals surface area contributed by atoms with Crippen molar-refractivity contribution in [2.24, 2.45) is 0 Å². The minimum atomic E-state index is -0.541. The second-order valence-electron chi connectivity index (χ2n) is 4.19. The second kappa shape index (κ2) is 6.63. The minimum Gasteiger partial charge on any atom is -0.444 e. The Morgan fingerprint density at radius 1 is 1.47 bits per heavy atom. The maximum Gasteiger partial charge on any atom is 0.408 e. The van der Waals surface area contributed by atoms with Crippen molar-refractivity contribution in [2.45, 2.75) is 39.3 Å². The molecule has 0 bridgehead atoms. The highest BCUT2D eigenvalue weighted by Crippen LogP contribution is 2.06. The molecule has 0 aliphatic rings. The van der Waals surface area contributed by atoms with Crippen LogP contribution in [0.4, 0.5) is 4.79 Å². The summed E-state index contributed by atoms with van der Waals surface area (Å²) in [5, 5.41) is 11.5. The van der Waals surface area contributed by atoms with E-state index in [-0.39, 0.29) is 13.2 Å². The van der Waals surface area contributed by atoms with Crippen LogP contribution < -0.4 is 5.32 Å². The van der Waals surface area contributed by atoms with Gasteiger partial charge in [-0.3, -0.25) is 0 Å². The van der Waals surface area contributed by atoms with Crippen molar-refractivity contribution >= 4 is 6.09 Å². The Bertz CT molecular complexity index is 188. The first-order chi connectivity index (χ1) is 6.89. The van der Waals surface area contributed by atoms with Crippen molar-refractivity contribution in [1.82, 2.24) is 5.32 Å². The predicted molar refractivity (Wildman–Crippen MR) is 56.7 cm³/mol. The largest absolute Gasteiger partial charge is 0.444 e. The van der Waals surface area contributed by atoms with Gasteiger partial charge < -0.3 is 19.9 Å². The monoisotopic (exact) mass is 219 g/mol. The molecule has 5 heteroatoms. The van der Waals surface area contributed by atoms with Crippen LogP contribution in [0, 0.1) is 0 Å². The number of rotatable bonds is 5. The molecule has 0 rings (SSSR count). The number of carbonyl (C=O) groups excluding carboxylic acids is 1. The summed E-state index contributed by atoms with van der Waals surface area (Å²) in [6.45, 7) is 7.86. The fraction of sp³-hybridized carbons (Fsp3) is 0.900. The van der Waals surface area contributed by atoms with Crippen molar-refractivity contribution in [3.05, 3.63) is 0 Å². The first kappa shape index (κ1) is 14.2. The van der Waals surface area contributed by atoms with Crippen LogP contribution in [0.25, 0.3) is 0 Å². The zero-order valence-corrected chi connectivity index (χ0v) is 9.87. The number of hydrogen-bond donors (Lipinski definition) is 2. The molecule has 0 fully saturated rings. The average Bonchev–Trinajstić information content (AvgIpc) is 2.09. The number of aliphatic hydroxyl groups is 1. The highest BCUT2D eigenvalue weighted by molar-refractivity contribution is 5.68. The summed E-state index contributed by atoms with van der Waals surface area (Å²) in [6.07, 6.45) is -0.541. The van der Waals surface area contributed by atoms with Gasteiger partial charge in [0, 0.05) is 6.61 Å². The average molecular weight is 219 g/mol. The smallest absolute Gasteiger partial charge is 0.408 e. The standard InChI is InChI=1S/C10H21NO4/c1-5-14-7-8(6-12)11-9(13)15-10(2,3)4/h8,12H,5-7H2,1-4H3,(H,11,13)/t8-/m1/s1. The highest BCUT2D eigenvalue weighted by Gasteiger charge is 2.18. The number of aliphatic hydroxyl groups excluding tert-OH is 1.